The molecule has 0 aliphatic carbocycles. The molecule has 0 bridgehead atoms. The van der Waals surface area contributed by atoms with Crippen LogP contribution in [-0.2, 0) is 23.6 Å². The second kappa shape index (κ2) is 6.24. The van der Waals surface area contributed by atoms with Gasteiger partial charge in [-0.15, -0.1) is 10.2 Å². The third-order valence-electron chi connectivity index (χ3n) is 3.26. The van der Waals surface area contributed by atoms with Gasteiger partial charge in [0.25, 0.3) is 0 Å². The molecule has 4 nitrogen and oxygen atoms in total. The molecule has 0 aliphatic rings. The van der Waals surface area contributed by atoms with Crippen molar-refractivity contribution in [2.24, 2.45) is 7.05 Å². The van der Waals surface area contributed by atoms with Crippen molar-refractivity contribution in [3.8, 4) is 0 Å². The normalized spacial score (nSPS) is 14.2. The minimum absolute atomic E-state index is 0.151. The Labute approximate surface area is 130 Å². The lowest BCUT2D eigenvalue weighted by Gasteiger charge is -2.12. The molecule has 0 N–H and O–H groups in total. The molecule has 1 aromatic heterocycles. The van der Waals surface area contributed by atoms with Gasteiger partial charge in [0.1, 0.15) is 11.6 Å². The minimum Gasteiger partial charge on any atom is -0.318 e. The molecule has 0 saturated heterocycles. The maximum atomic E-state index is 12.4. The molecule has 1 aromatic carbocycles. The first-order chi connectivity index (χ1) is 9.40. The van der Waals surface area contributed by atoms with E-state index in [-0.39, 0.29) is 5.25 Å². The SMILES string of the molecule is Cc1nnc(CS(=O)C(C)c2ccc(Cl)c(Cl)c2)n1C. The van der Waals surface area contributed by atoms with Crippen LogP contribution in [0.25, 0.3) is 0 Å². The van der Waals surface area contributed by atoms with E-state index >= 15 is 0 Å². The van der Waals surface area contributed by atoms with Crippen molar-refractivity contribution >= 4 is 34.0 Å². The summed E-state index contributed by atoms with van der Waals surface area (Å²) in [6, 6.07) is 5.33. The predicted molar refractivity (Wildman–Crippen MR) is 82.5 cm³/mol. The van der Waals surface area contributed by atoms with Gasteiger partial charge in [-0.1, -0.05) is 29.3 Å². The molecular formula is C13H15Cl2N3OS. The highest BCUT2D eigenvalue weighted by atomic mass is 35.5. The zero-order valence-electron chi connectivity index (χ0n) is 11.4. The van der Waals surface area contributed by atoms with Crippen LogP contribution in [-0.4, -0.2) is 19.0 Å². The molecule has 0 fully saturated rings. The van der Waals surface area contributed by atoms with Crippen LogP contribution in [0.1, 0.15) is 29.4 Å². The zero-order valence-corrected chi connectivity index (χ0v) is 13.8. The van der Waals surface area contributed by atoms with Gasteiger partial charge in [0.2, 0.25) is 0 Å². The summed E-state index contributed by atoms with van der Waals surface area (Å²) < 4.78 is 14.3. The fourth-order valence-electron chi connectivity index (χ4n) is 1.75. The van der Waals surface area contributed by atoms with E-state index < -0.39 is 10.8 Å². The van der Waals surface area contributed by atoms with E-state index in [0.29, 0.717) is 21.6 Å². The highest BCUT2D eigenvalue weighted by molar-refractivity contribution is 7.84. The fourth-order valence-corrected chi connectivity index (χ4v) is 3.26. The third-order valence-corrected chi connectivity index (χ3v) is 5.60. The van der Waals surface area contributed by atoms with Crippen LogP contribution in [0.2, 0.25) is 10.0 Å². The summed E-state index contributed by atoms with van der Waals surface area (Å²) in [5.41, 5.74) is 0.900. The molecule has 0 spiro atoms. The van der Waals surface area contributed by atoms with Crippen molar-refractivity contribution in [1.82, 2.24) is 14.8 Å². The molecule has 20 heavy (non-hydrogen) atoms. The summed E-state index contributed by atoms with van der Waals surface area (Å²) in [5.74, 6) is 1.88. The van der Waals surface area contributed by atoms with Crippen LogP contribution in [0.5, 0.6) is 0 Å². The van der Waals surface area contributed by atoms with Crippen LogP contribution in [0.4, 0.5) is 0 Å². The first kappa shape index (κ1) is 15.5. The zero-order chi connectivity index (χ0) is 14.9. The number of halogens is 2. The number of hydrogen-bond acceptors (Lipinski definition) is 3. The highest BCUT2D eigenvalue weighted by Crippen LogP contribution is 2.28. The molecule has 2 unspecified atom stereocenters. The summed E-state index contributed by atoms with van der Waals surface area (Å²) in [7, 11) is 0.763. The molecule has 0 amide bonds. The van der Waals surface area contributed by atoms with Crippen molar-refractivity contribution in [2.45, 2.75) is 24.9 Å². The number of nitrogens with zero attached hydrogens (tertiary/aromatic N) is 3. The Morgan fingerprint density at radius 2 is 2.00 bits per heavy atom. The highest BCUT2D eigenvalue weighted by Gasteiger charge is 2.18. The number of aryl methyl sites for hydroxylation is 1. The standard InChI is InChI=1S/C13H15Cl2N3OS/c1-8(10-4-5-11(14)12(15)6-10)20(19)7-13-17-16-9(2)18(13)3/h4-6,8H,7H2,1-3H3. The van der Waals surface area contributed by atoms with Crippen molar-refractivity contribution in [1.29, 1.82) is 0 Å². The van der Waals surface area contributed by atoms with E-state index in [4.69, 9.17) is 23.2 Å². The second-order valence-electron chi connectivity index (χ2n) is 4.56. The Bertz CT molecular complexity index is 657. The number of aromatic nitrogens is 3. The Hall–Kier alpha value is -0.910. The minimum atomic E-state index is -1.10. The summed E-state index contributed by atoms with van der Waals surface area (Å²) in [6.45, 7) is 3.76. The third kappa shape index (κ3) is 3.22. The lowest BCUT2D eigenvalue weighted by molar-refractivity contribution is 0.671. The van der Waals surface area contributed by atoms with Gasteiger partial charge < -0.3 is 4.57 Å². The smallest absolute Gasteiger partial charge is 0.145 e. The van der Waals surface area contributed by atoms with Crippen molar-refractivity contribution in [2.75, 3.05) is 0 Å². The van der Waals surface area contributed by atoms with Gasteiger partial charge in [-0.05, 0) is 31.5 Å². The number of rotatable bonds is 4. The Balaban J connectivity index is 2.16. The summed E-state index contributed by atoms with van der Waals surface area (Å²) in [6.07, 6.45) is 0. The lowest BCUT2D eigenvalue weighted by Crippen LogP contribution is -2.09. The average molecular weight is 332 g/mol. The molecule has 2 rings (SSSR count). The monoisotopic (exact) mass is 331 g/mol. The van der Waals surface area contributed by atoms with Crippen LogP contribution in [0, 0.1) is 6.92 Å². The summed E-state index contributed by atoms with van der Waals surface area (Å²) >= 11 is 11.9. The van der Waals surface area contributed by atoms with Crippen molar-refractivity contribution < 1.29 is 4.21 Å². The van der Waals surface area contributed by atoms with E-state index in [0.717, 1.165) is 11.4 Å². The maximum Gasteiger partial charge on any atom is 0.145 e. The Morgan fingerprint density at radius 3 is 2.55 bits per heavy atom. The molecule has 0 saturated carbocycles. The molecule has 1 heterocycles. The summed E-state index contributed by atoms with van der Waals surface area (Å²) in [5, 5.41) is 8.82. The van der Waals surface area contributed by atoms with E-state index in [9.17, 15) is 4.21 Å². The maximum absolute atomic E-state index is 12.4. The van der Waals surface area contributed by atoms with Crippen LogP contribution >= 0.6 is 23.2 Å². The van der Waals surface area contributed by atoms with Crippen LogP contribution in [0.15, 0.2) is 18.2 Å². The lowest BCUT2D eigenvalue weighted by atomic mass is 10.2. The van der Waals surface area contributed by atoms with Gasteiger partial charge >= 0.3 is 0 Å². The van der Waals surface area contributed by atoms with Gasteiger partial charge in [0.15, 0.2) is 0 Å². The van der Waals surface area contributed by atoms with Crippen LogP contribution in [0.3, 0.4) is 0 Å². The first-order valence-electron chi connectivity index (χ1n) is 6.07. The molecule has 0 aliphatic heterocycles. The molecular weight excluding hydrogens is 317 g/mol. The largest absolute Gasteiger partial charge is 0.318 e. The number of benzene rings is 1. The van der Waals surface area contributed by atoms with Gasteiger partial charge in [0, 0.05) is 17.8 Å². The van der Waals surface area contributed by atoms with E-state index in [1.165, 1.54) is 0 Å². The molecule has 2 atom stereocenters. The Morgan fingerprint density at radius 1 is 1.30 bits per heavy atom. The van der Waals surface area contributed by atoms with Gasteiger partial charge in [-0.2, -0.15) is 0 Å². The topological polar surface area (TPSA) is 47.8 Å². The summed E-state index contributed by atoms with van der Waals surface area (Å²) in [4.78, 5) is 0. The number of hydrogen-bond donors (Lipinski definition) is 0. The molecule has 7 heteroatoms. The average Bonchev–Trinajstić information content (AvgIpc) is 2.73. The van der Waals surface area contributed by atoms with Gasteiger partial charge in [-0.25, -0.2) is 0 Å². The molecule has 0 radical (unpaired) electrons. The predicted octanol–water partition coefficient (Wildman–Crippen LogP) is 3.44. The van der Waals surface area contributed by atoms with Crippen molar-refractivity contribution in [3.05, 3.63) is 45.5 Å². The van der Waals surface area contributed by atoms with Gasteiger partial charge in [-0.3, -0.25) is 4.21 Å². The quantitative estimate of drug-likeness (QED) is 0.862. The van der Waals surface area contributed by atoms with Crippen molar-refractivity contribution in [3.63, 3.8) is 0 Å². The first-order valence-corrected chi connectivity index (χ1v) is 8.21. The van der Waals surface area contributed by atoms with E-state index in [1.807, 2.05) is 31.5 Å². The Kier molecular flexibility index (Phi) is 4.83. The molecule has 2 aromatic rings. The molecule has 108 valence electrons. The van der Waals surface area contributed by atoms with Gasteiger partial charge in [0.05, 0.1) is 21.0 Å². The van der Waals surface area contributed by atoms with E-state index in [2.05, 4.69) is 10.2 Å². The van der Waals surface area contributed by atoms with Crippen LogP contribution < -0.4 is 0 Å². The van der Waals surface area contributed by atoms with E-state index in [1.54, 1.807) is 12.1 Å². The second-order valence-corrected chi connectivity index (χ2v) is 7.13. The fraction of sp³-hybridized carbons (Fsp3) is 0.385.